The molecule has 0 aliphatic carbocycles. The molecule has 0 aromatic carbocycles. The summed E-state index contributed by atoms with van der Waals surface area (Å²) in [5.41, 5.74) is 0.437. The highest BCUT2D eigenvalue weighted by atomic mass is 19.1. The molecule has 1 fully saturated rings. The van der Waals surface area contributed by atoms with Crippen molar-refractivity contribution in [3.8, 4) is 0 Å². The lowest BCUT2D eigenvalue weighted by Crippen LogP contribution is -2.37. The Morgan fingerprint density at radius 2 is 2.04 bits per heavy atom. The van der Waals surface area contributed by atoms with Gasteiger partial charge in [-0.05, 0) is 43.4 Å². The van der Waals surface area contributed by atoms with Crippen LogP contribution >= 0.6 is 0 Å². The first-order chi connectivity index (χ1) is 13.4. The van der Waals surface area contributed by atoms with Crippen LogP contribution in [0.15, 0.2) is 36.7 Å². The lowest BCUT2D eigenvalue weighted by atomic mass is 10.0. The Balaban J connectivity index is 2.67. The Labute approximate surface area is 164 Å². The lowest BCUT2D eigenvalue weighted by molar-refractivity contribution is -0.145. The first-order valence-corrected chi connectivity index (χ1v) is 9.22. The summed E-state index contributed by atoms with van der Waals surface area (Å²) in [6, 6.07) is 0. The molecule has 1 aliphatic rings. The van der Waals surface area contributed by atoms with Gasteiger partial charge in [0.05, 0.1) is 18.8 Å². The van der Waals surface area contributed by atoms with Crippen LogP contribution in [0.4, 0.5) is 4.39 Å². The summed E-state index contributed by atoms with van der Waals surface area (Å²) >= 11 is 0. The number of nitrogens with zero attached hydrogens (tertiary/aromatic N) is 1. The zero-order valence-electron chi connectivity index (χ0n) is 16.0. The summed E-state index contributed by atoms with van der Waals surface area (Å²) in [4.78, 5) is 34.6. The molecule has 0 aromatic rings. The van der Waals surface area contributed by atoms with Gasteiger partial charge in [-0.15, -0.1) is 0 Å². The number of rotatable bonds is 13. The van der Waals surface area contributed by atoms with Crippen molar-refractivity contribution in [3.63, 3.8) is 0 Å². The Morgan fingerprint density at radius 3 is 2.61 bits per heavy atom. The average molecular weight is 397 g/mol. The minimum atomic E-state index is -1.19. The highest BCUT2D eigenvalue weighted by Gasteiger charge is 2.22. The lowest BCUT2D eigenvalue weighted by Gasteiger charge is -2.28. The van der Waals surface area contributed by atoms with Crippen molar-refractivity contribution >= 4 is 18.2 Å². The average Bonchev–Trinajstić information content (AvgIpc) is 2.67. The fourth-order valence-electron chi connectivity index (χ4n) is 2.82. The molecule has 0 bridgehead atoms. The number of amides is 1. The zero-order chi connectivity index (χ0) is 20.9. The summed E-state index contributed by atoms with van der Waals surface area (Å²) in [6.07, 6.45) is 4.58. The van der Waals surface area contributed by atoms with Gasteiger partial charge in [0.1, 0.15) is 18.7 Å². The molecule has 1 saturated heterocycles. The van der Waals surface area contributed by atoms with Crippen LogP contribution in [0.3, 0.4) is 0 Å². The molecule has 1 aliphatic heterocycles. The predicted octanol–water partition coefficient (Wildman–Crippen LogP) is 2.43. The van der Waals surface area contributed by atoms with Crippen molar-refractivity contribution in [1.29, 1.82) is 0 Å². The monoisotopic (exact) mass is 397 g/mol. The predicted molar refractivity (Wildman–Crippen MR) is 101 cm³/mol. The van der Waals surface area contributed by atoms with Gasteiger partial charge < -0.3 is 24.3 Å². The molecule has 1 rings (SSSR count). The molecule has 1 heterocycles. The van der Waals surface area contributed by atoms with E-state index in [1.54, 1.807) is 0 Å². The van der Waals surface area contributed by atoms with Crippen LogP contribution in [0.1, 0.15) is 32.1 Å². The van der Waals surface area contributed by atoms with Crippen LogP contribution in [-0.4, -0.2) is 66.7 Å². The van der Waals surface area contributed by atoms with Crippen molar-refractivity contribution in [2.75, 3.05) is 26.3 Å². The normalized spacial score (nSPS) is 16.2. The van der Waals surface area contributed by atoms with Crippen LogP contribution in [0.25, 0.3) is 0 Å². The number of aldehydes is 1. The van der Waals surface area contributed by atoms with Crippen LogP contribution < -0.4 is 0 Å². The summed E-state index contributed by atoms with van der Waals surface area (Å²) in [5, 5.41) is 8.83. The quantitative estimate of drug-likeness (QED) is 0.379. The molecule has 1 unspecified atom stereocenters. The first kappa shape index (κ1) is 23.7. The van der Waals surface area contributed by atoms with E-state index in [0.29, 0.717) is 37.9 Å². The number of aliphatic carboxylic acids is 1. The number of hydrogen-bond acceptors (Lipinski definition) is 5. The van der Waals surface area contributed by atoms with E-state index in [1.165, 1.54) is 6.08 Å². The fourth-order valence-corrected chi connectivity index (χ4v) is 2.82. The van der Waals surface area contributed by atoms with Gasteiger partial charge in [-0.2, -0.15) is 0 Å². The number of allylic oxidation sites excluding steroid dienone is 2. The largest absolute Gasteiger partial charge is 0.480 e. The van der Waals surface area contributed by atoms with E-state index in [4.69, 9.17) is 14.6 Å². The molecule has 0 aromatic heterocycles. The second-order valence-corrected chi connectivity index (χ2v) is 6.47. The number of carboxylic acids is 1. The van der Waals surface area contributed by atoms with Crippen molar-refractivity contribution < 1.29 is 33.4 Å². The number of carboxylic acid groups (broad SMARTS) is 1. The number of hydrogen-bond donors (Lipinski definition) is 1. The maximum Gasteiger partial charge on any atom is 0.323 e. The van der Waals surface area contributed by atoms with Crippen LogP contribution in [0, 0.1) is 0 Å². The Kier molecular flexibility index (Phi) is 11.0. The van der Waals surface area contributed by atoms with Crippen molar-refractivity contribution in [2.45, 2.75) is 44.3 Å². The van der Waals surface area contributed by atoms with E-state index in [0.717, 1.165) is 23.8 Å². The fraction of sp³-hybridized carbons (Fsp3) is 0.550. The minimum absolute atomic E-state index is 0.0371. The topological polar surface area (TPSA) is 93.1 Å². The molecule has 1 N–H and O–H groups in total. The molecule has 28 heavy (non-hydrogen) atoms. The molecular formula is C20H28FNO6. The van der Waals surface area contributed by atoms with Crippen molar-refractivity contribution in [2.24, 2.45) is 0 Å². The summed E-state index contributed by atoms with van der Waals surface area (Å²) in [7, 11) is 0. The molecule has 8 heteroatoms. The summed E-state index contributed by atoms with van der Waals surface area (Å²) < 4.78 is 24.9. The van der Waals surface area contributed by atoms with E-state index < -0.39 is 30.4 Å². The van der Waals surface area contributed by atoms with Crippen LogP contribution in [0.2, 0.25) is 0 Å². The van der Waals surface area contributed by atoms with E-state index in [1.807, 2.05) is 0 Å². The van der Waals surface area contributed by atoms with Gasteiger partial charge in [-0.1, -0.05) is 13.2 Å². The highest BCUT2D eigenvalue weighted by Crippen LogP contribution is 2.22. The number of ether oxygens (including phenoxy) is 2. The van der Waals surface area contributed by atoms with Crippen LogP contribution in [0.5, 0.6) is 0 Å². The second-order valence-electron chi connectivity index (χ2n) is 6.47. The third kappa shape index (κ3) is 9.05. The van der Waals surface area contributed by atoms with Gasteiger partial charge in [0.15, 0.2) is 0 Å². The summed E-state index contributed by atoms with van der Waals surface area (Å²) in [5.74, 6) is -2.15. The maximum atomic E-state index is 13.5. The molecule has 1 amide bonds. The van der Waals surface area contributed by atoms with Gasteiger partial charge in [0.25, 0.3) is 0 Å². The molecule has 156 valence electrons. The van der Waals surface area contributed by atoms with Gasteiger partial charge in [0, 0.05) is 19.6 Å². The number of carbonyl (C=O) groups is 3. The molecule has 0 spiro atoms. The molecule has 0 saturated carbocycles. The first-order valence-electron chi connectivity index (χ1n) is 9.22. The maximum absolute atomic E-state index is 13.5. The van der Waals surface area contributed by atoms with Gasteiger partial charge in [-0.3, -0.25) is 9.59 Å². The standard InChI is InChI=1S/C20H28FNO6/c1-3-16(21)13-15(2)18(28-17-7-11-27-12-8-17)5-4-6-19(24)22(9-10-23)14-20(25)26/h3,10,13,17-18H,1-2,4-9,11-12,14H2,(H,25,26). The Bertz CT molecular complexity index is 598. The molecule has 7 nitrogen and oxygen atoms in total. The van der Waals surface area contributed by atoms with Gasteiger partial charge in [-0.25, -0.2) is 4.39 Å². The third-order valence-electron chi connectivity index (χ3n) is 4.29. The highest BCUT2D eigenvalue weighted by molar-refractivity contribution is 5.83. The number of halogens is 1. The molecular weight excluding hydrogens is 369 g/mol. The van der Waals surface area contributed by atoms with Gasteiger partial charge >= 0.3 is 5.97 Å². The smallest absolute Gasteiger partial charge is 0.323 e. The van der Waals surface area contributed by atoms with Gasteiger partial charge in [0.2, 0.25) is 5.91 Å². The SMILES string of the molecule is C=CC(F)=CC(=C)C(CCCC(=O)N(CC=O)CC(=O)O)OC1CCOCC1. The second kappa shape index (κ2) is 13.0. The van der Waals surface area contributed by atoms with E-state index in [-0.39, 0.29) is 19.1 Å². The number of carbonyl (C=O) groups excluding carboxylic acids is 2. The molecule has 0 radical (unpaired) electrons. The Hall–Kier alpha value is -2.32. The van der Waals surface area contributed by atoms with Crippen molar-refractivity contribution in [1.82, 2.24) is 4.90 Å². The minimum Gasteiger partial charge on any atom is -0.480 e. The molecule has 1 atom stereocenters. The van der Waals surface area contributed by atoms with Crippen LogP contribution in [-0.2, 0) is 23.9 Å². The summed E-state index contributed by atoms with van der Waals surface area (Å²) in [6.45, 7) is 7.62. The van der Waals surface area contributed by atoms with E-state index in [9.17, 15) is 18.8 Å². The van der Waals surface area contributed by atoms with E-state index in [2.05, 4.69) is 13.2 Å². The third-order valence-corrected chi connectivity index (χ3v) is 4.29. The van der Waals surface area contributed by atoms with Crippen molar-refractivity contribution in [3.05, 3.63) is 36.7 Å². The Morgan fingerprint density at radius 1 is 1.36 bits per heavy atom. The zero-order valence-corrected chi connectivity index (χ0v) is 16.0. The van der Waals surface area contributed by atoms with E-state index >= 15 is 0 Å².